The third-order valence-electron chi connectivity index (χ3n) is 2.86. The third-order valence-corrected chi connectivity index (χ3v) is 2.86. The molecule has 2 heterocycles. The molecule has 2 atom stereocenters. The van der Waals surface area contributed by atoms with Gasteiger partial charge in [-0.15, -0.1) is 0 Å². The number of carboxylic acid groups (broad SMARTS) is 1. The Bertz CT molecular complexity index is 436. The van der Waals surface area contributed by atoms with Gasteiger partial charge in [0.2, 0.25) is 0 Å². The monoisotopic (exact) mass is 237 g/mol. The number of nitrogens with one attached hydrogen (secondary N) is 1. The number of nitrogens with two attached hydrogens (primary N) is 1. The van der Waals surface area contributed by atoms with E-state index in [-0.39, 0.29) is 17.7 Å². The first-order chi connectivity index (χ1) is 8.08. The zero-order chi connectivity index (χ0) is 12.4. The van der Waals surface area contributed by atoms with Crippen molar-refractivity contribution in [3.05, 3.63) is 17.8 Å². The van der Waals surface area contributed by atoms with Gasteiger partial charge in [-0.2, -0.15) is 0 Å². The quantitative estimate of drug-likeness (QED) is 0.724. The van der Waals surface area contributed by atoms with Crippen molar-refractivity contribution in [3.63, 3.8) is 0 Å². The first-order valence-electron chi connectivity index (χ1n) is 5.45. The van der Waals surface area contributed by atoms with E-state index in [2.05, 4.69) is 10.3 Å². The number of anilines is 2. The Morgan fingerprint density at radius 1 is 1.71 bits per heavy atom. The molecule has 17 heavy (non-hydrogen) atoms. The van der Waals surface area contributed by atoms with Crippen LogP contribution in [0.3, 0.4) is 0 Å². The Balaban J connectivity index is 2.14. The zero-order valence-corrected chi connectivity index (χ0v) is 9.51. The van der Waals surface area contributed by atoms with E-state index in [1.165, 1.54) is 12.3 Å². The molecule has 1 fully saturated rings. The number of nitrogen functional groups attached to an aromatic ring is 1. The molecule has 0 radical (unpaired) electrons. The van der Waals surface area contributed by atoms with Crippen molar-refractivity contribution in [1.29, 1.82) is 0 Å². The summed E-state index contributed by atoms with van der Waals surface area (Å²) in [5, 5.41) is 12.0. The van der Waals surface area contributed by atoms with E-state index in [1.807, 2.05) is 6.92 Å². The highest BCUT2D eigenvalue weighted by atomic mass is 16.5. The van der Waals surface area contributed by atoms with Crippen LogP contribution < -0.4 is 11.1 Å². The predicted octanol–water partition coefficient (Wildman–Crippen LogP) is 0.951. The Morgan fingerprint density at radius 2 is 2.47 bits per heavy atom. The van der Waals surface area contributed by atoms with E-state index < -0.39 is 5.97 Å². The van der Waals surface area contributed by atoms with Gasteiger partial charge in [0.15, 0.2) is 0 Å². The van der Waals surface area contributed by atoms with E-state index in [4.69, 9.17) is 15.6 Å². The minimum atomic E-state index is -1.03. The Morgan fingerprint density at radius 3 is 3.00 bits per heavy atom. The summed E-state index contributed by atoms with van der Waals surface area (Å²) >= 11 is 0. The van der Waals surface area contributed by atoms with E-state index in [1.54, 1.807) is 0 Å². The largest absolute Gasteiger partial charge is 0.478 e. The number of aromatic carboxylic acids is 1. The Kier molecular flexibility index (Phi) is 3.14. The maximum Gasteiger partial charge on any atom is 0.337 e. The highest BCUT2D eigenvalue weighted by Gasteiger charge is 2.24. The smallest absolute Gasteiger partial charge is 0.337 e. The molecule has 0 spiro atoms. The summed E-state index contributed by atoms with van der Waals surface area (Å²) < 4.78 is 5.41. The predicted molar refractivity (Wildman–Crippen MR) is 63.1 cm³/mol. The molecule has 1 aliphatic rings. The maximum absolute atomic E-state index is 10.7. The number of carboxylic acids is 1. The van der Waals surface area contributed by atoms with Crippen LogP contribution in [0.15, 0.2) is 12.3 Å². The van der Waals surface area contributed by atoms with Gasteiger partial charge in [0.25, 0.3) is 0 Å². The molecule has 0 aromatic carbocycles. The number of hydrogen-bond acceptors (Lipinski definition) is 5. The second kappa shape index (κ2) is 4.58. The minimum Gasteiger partial charge on any atom is -0.478 e. The molecule has 2 unspecified atom stereocenters. The highest BCUT2D eigenvalue weighted by Crippen LogP contribution is 2.22. The van der Waals surface area contributed by atoms with Crippen LogP contribution in [-0.4, -0.2) is 34.8 Å². The summed E-state index contributed by atoms with van der Waals surface area (Å²) in [4.78, 5) is 14.7. The molecule has 0 amide bonds. The first-order valence-corrected chi connectivity index (χ1v) is 5.45. The van der Waals surface area contributed by atoms with Crippen molar-refractivity contribution in [2.75, 3.05) is 17.7 Å². The summed E-state index contributed by atoms with van der Waals surface area (Å²) in [5.41, 5.74) is 6.18. The number of nitrogens with zero attached hydrogens (tertiary/aromatic N) is 1. The number of pyridine rings is 1. The minimum absolute atomic E-state index is 0.0868. The molecule has 6 heteroatoms. The van der Waals surface area contributed by atoms with Crippen molar-refractivity contribution in [2.24, 2.45) is 0 Å². The lowest BCUT2D eigenvalue weighted by Gasteiger charge is -2.17. The number of aromatic nitrogens is 1. The lowest BCUT2D eigenvalue weighted by molar-refractivity contribution is 0.0696. The number of rotatable bonds is 3. The topological polar surface area (TPSA) is 97.5 Å². The molecule has 0 saturated carbocycles. The molecule has 6 nitrogen and oxygen atoms in total. The van der Waals surface area contributed by atoms with Gasteiger partial charge in [-0.25, -0.2) is 9.78 Å². The third kappa shape index (κ3) is 2.47. The summed E-state index contributed by atoms with van der Waals surface area (Å²) in [6.07, 6.45) is 2.29. The van der Waals surface area contributed by atoms with E-state index in [0.29, 0.717) is 18.1 Å². The average Bonchev–Trinajstić information content (AvgIpc) is 2.67. The van der Waals surface area contributed by atoms with Crippen LogP contribution in [0.4, 0.5) is 11.5 Å². The average molecular weight is 237 g/mol. The molecule has 0 aliphatic carbocycles. The Hall–Kier alpha value is -1.82. The van der Waals surface area contributed by atoms with Crippen LogP contribution in [0.5, 0.6) is 0 Å². The Labute approximate surface area is 98.8 Å². The lowest BCUT2D eigenvalue weighted by Crippen LogP contribution is -2.27. The van der Waals surface area contributed by atoms with Crippen LogP contribution in [-0.2, 0) is 4.74 Å². The number of carbonyl (C=O) groups is 1. The molecule has 1 aliphatic heterocycles. The second-order valence-electron chi connectivity index (χ2n) is 4.08. The zero-order valence-electron chi connectivity index (χ0n) is 9.51. The maximum atomic E-state index is 10.7. The molecule has 92 valence electrons. The van der Waals surface area contributed by atoms with Crippen LogP contribution in [0, 0.1) is 0 Å². The number of ether oxygens (including phenoxy) is 1. The van der Waals surface area contributed by atoms with Gasteiger partial charge in [0, 0.05) is 12.8 Å². The summed E-state index contributed by atoms with van der Waals surface area (Å²) in [6, 6.07) is 1.57. The fraction of sp³-hybridized carbons (Fsp3) is 0.455. The molecule has 1 aromatic rings. The molecular weight excluding hydrogens is 222 g/mol. The van der Waals surface area contributed by atoms with Gasteiger partial charge in [0.1, 0.15) is 5.82 Å². The van der Waals surface area contributed by atoms with Gasteiger partial charge in [-0.05, 0) is 19.4 Å². The molecule has 2 rings (SSSR count). The van der Waals surface area contributed by atoms with Gasteiger partial charge in [-0.1, -0.05) is 0 Å². The van der Waals surface area contributed by atoms with Crippen LogP contribution >= 0.6 is 0 Å². The van der Waals surface area contributed by atoms with Crippen molar-refractivity contribution < 1.29 is 14.6 Å². The summed E-state index contributed by atoms with van der Waals surface area (Å²) in [5.74, 6) is -0.523. The normalized spacial score (nSPS) is 23.6. The fourth-order valence-corrected chi connectivity index (χ4v) is 1.82. The lowest BCUT2D eigenvalue weighted by atomic mass is 10.1. The molecule has 1 aromatic heterocycles. The van der Waals surface area contributed by atoms with E-state index >= 15 is 0 Å². The fourth-order valence-electron chi connectivity index (χ4n) is 1.82. The summed E-state index contributed by atoms with van der Waals surface area (Å²) in [6.45, 7) is 2.69. The molecule has 4 N–H and O–H groups in total. The van der Waals surface area contributed by atoms with Crippen LogP contribution in [0.1, 0.15) is 23.7 Å². The van der Waals surface area contributed by atoms with E-state index in [0.717, 1.165) is 6.42 Å². The standard InChI is InChI=1S/C11H15N3O3/c1-6-9(2-3-17-6)14-10-8(12)4-7(5-13-10)11(15)16/h4-6,9H,2-3,12H2,1H3,(H,13,14)(H,15,16). The SMILES string of the molecule is CC1OCCC1Nc1ncc(C(=O)O)cc1N. The van der Waals surface area contributed by atoms with Crippen LogP contribution in [0.25, 0.3) is 0 Å². The molecule has 1 saturated heterocycles. The second-order valence-corrected chi connectivity index (χ2v) is 4.08. The van der Waals surface area contributed by atoms with Gasteiger partial charge >= 0.3 is 5.97 Å². The highest BCUT2D eigenvalue weighted by molar-refractivity contribution is 5.89. The van der Waals surface area contributed by atoms with Crippen molar-refractivity contribution in [3.8, 4) is 0 Å². The van der Waals surface area contributed by atoms with Gasteiger partial charge < -0.3 is 20.9 Å². The van der Waals surface area contributed by atoms with Gasteiger partial charge in [0.05, 0.1) is 23.4 Å². The van der Waals surface area contributed by atoms with Crippen LogP contribution in [0.2, 0.25) is 0 Å². The van der Waals surface area contributed by atoms with Gasteiger partial charge in [-0.3, -0.25) is 0 Å². The van der Waals surface area contributed by atoms with Crippen molar-refractivity contribution in [2.45, 2.75) is 25.5 Å². The first kappa shape index (κ1) is 11.7. The number of hydrogen-bond donors (Lipinski definition) is 3. The molecule has 0 bridgehead atoms. The molecular formula is C11H15N3O3. The van der Waals surface area contributed by atoms with Crippen molar-refractivity contribution >= 4 is 17.5 Å². The van der Waals surface area contributed by atoms with E-state index in [9.17, 15) is 4.79 Å². The van der Waals surface area contributed by atoms with Crippen molar-refractivity contribution in [1.82, 2.24) is 4.98 Å². The summed E-state index contributed by atoms with van der Waals surface area (Å²) in [7, 11) is 0.